The molecular weight excluding hydrogens is 749 g/mol. The maximum absolute atomic E-state index is 5.72. The average molecular weight is 823 g/mol. The molecule has 2 atom stereocenters. The molecule has 4 heterocycles. The third-order valence-electron chi connectivity index (χ3n) is 11.9. The molecule has 4 saturated heterocycles. The van der Waals surface area contributed by atoms with E-state index in [0.29, 0.717) is 12.1 Å². The molecule has 4 aliphatic rings. The highest BCUT2D eigenvalue weighted by Gasteiger charge is 2.28. The fourth-order valence-corrected chi connectivity index (χ4v) is 7.68. The zero-order valence-corrected chi connectivity index (χ0v) is 37.1. The number of nitrogens with two attached hydrogens (primary N) is 2. The second kappa shape index (κ2) is 26.3. The monoisotopic (exact) mass is 823 g/mol. The average Bonchev–Trinajstić information content (AvgIpc) is 4.09. The van der Waals surface area contributed by atoms with Crippen molar-refractivity contribution >= 4 is 0 Å². The van der Waals surface area contributed by atoms with Crippen LogP contribution in [0.25, 0.3) is 0 Å². The van der Waals surface area contributed by atoms with Crippen LogP contribution < -0.4 is 11.5 Å². The highest BCUT2D eigenvalue weighted by atomic mass is 15.3. The lowest BCUT2D eigenvalue weighted by atomic mass is 10.0. The Kier molecular flexibility index (Phi) is 20.0. The number of hydrogen-bond acceptors (Lipinski definition) is 8. The Labute approximate surface area is 368 Å². The van der Waals surface area contributed by atoms with Crippen molar-refractivity contribution in [3.63, 3.8) is 0 Å². The molecule has 9 rings (SSSR count). The van der Waals surface area contributed by atoms with Gasteiger partial charge in [0.1, 0.15) is 0 Å². The van der Waals surface area contributed by atoms with Crippen molar-refractivity contribution in [2.45, 2.75) is 51.5 Å². The Balaban J connectivity index is 0.000000138. The summed E-state index contributed by atoms with van der Waals surface area (Å²) in [5.41, 5.74) is 18.3. The van der Waals surface area contributed by atoms with Crippen molar-refractivity contribution in [3.05, 3.63) is 179 Å². The van der Waals surface area contributed by atoms with Gasteiger partial charge >= 0.3 is 0 Å². The molecule has 5 aromatic rings. The largest absolute Gasteiger partial charge is 0.330 e. The van der Waals surface area contributed by atoms with Crippen molar-refractivity contribution in [2.75, 3.05) is 98.2 Å². The molecule has 4 aliphatic heterocycles. The van der Waals surface area contributed by atoms with E-state index in [0.717, 1.165) is 58.7 Å². The van der Waals surface area contributed by atoms with Crippen molar-refractivity contribution in [1.29, 1.82) is 0 Å². The Bertz CT molecular complexity index is 1790. The summed E-state index contributed by atoms with van der Waals surface area (Å²) >= 11 is 0. The van der Waals surface area contributed by atoms with Gasteiger partial charge in [-0.05, 0) is 53.7 Å². The first kappa shape index (κ1) is 46.3. The topological polar surface area (TPSA) is 70.6 Å². The van der Waals surface area contributed by atoms with Gasteiger partial charge in [-0.15, -0.1) is 0 Å². The molecule has 61 heavy (non-hydrogen) atoms. The van der Waals surface area contributed by atoms with Crippen LogP contribution in [-0.2, 0) is 26.1 Å². The standard InChI is InChI=1S/C18H22N2.C13H20N2.2C11H16N2/c1-3-7-17(8-4-1)15-20(14-13-19-11-12-19)16-18-9-5-2-6-10-18;1-2-14(8-9-15-10-11-15)12-13-6-4-3-5-7-13;12-9-11(13-6-7-13)8-10-4-2-1-3-5-10;12-7-6-11(13-8-9-13)10-4-2-1-3-5-10/h1-10H,11-16H2;3-7H,2,8-12H2,1H3;2*1-5,11H,6-9,12H2. The molecule has 0 aliphatic carbocycles. The van der Waals surface area contributed by atoms with Crippen LogP contribution in [-0.4, -0.2) is 134 Å². The van der Waals surface area contributed by atoms with Crippen LogP contribution in [0, 0.1) is 0 Å². The SMILES string of the molecule is CCN(CCN1CC1)Cc1ccccc1.NCC(Cc1ccccc1)N1CC1.NCCC(c1ccccc1)N1CC1.c1ccc(CN(CCN2CC2)Cc2ccccc2)cc1. The number of hydrogen-bond donors (Lipinski definition) is 2. The van der Waals surface area contributed by atoms with E-state index in [4.69, 9.17) is 11.5 Å². The molecule has 0 spiro atoms. The number of benzene rings is 5. The van der Waals surface area contributed by atoms with Gasteiger partial charge in [0, 0.05) is 117 Å². The molecule has 8 nitrogen and oxygen atoms in total. The van der Waals surface area contributed by atoms with E-state index in [1.165, 1.54) is 99.8 Å². The van der Waals surface area contributed by atoms with Gasteiger partial charge in [0.05, 0.1) is 0 Å². The van der Waals surface area contributed by atoms with E-state index in [2.05, 4.69) is 188 Å². The molecule has 0 saturated carbocycles. The maximum atomic E-state index is 5.72. The number of rotatable bonds is 21. The van der Waals surface area contributed by atoms with Crippen molar-refractivity contribution in [3.8, 4) is 0 Å². The van der Waals surface area contributed by atoms with Crippen LogP contribution in [0.1, 0.15) is 47.2 Å². The lowest BCUT2D eigenvalue weighted by Crippen LogP contribution is -2.30. The van der Waals surface area contributed by atoms with Crippen LogP contribution in [0.3, 0.4) is 0 Å². The smallest absolute Gasteiger partial charge is 0.0361 e. The van der Waals surface area contributed by atoms with Gasteiger partial charge in [0.25, 0.3) is 0 Å². The van der Waals surface area contributed by atoms with Crippen molar-refractivity contribution in [1.82, 2.24) is 29.4 Å². The van der Waals surface area contributed by atoms with Gasteiger partial charge in [-0.1, -0.05) is 159 Å². The van der Waals surface area contributed by atoms with Crippen LogP contribution in [0.2, 0.25) is 0 Å². The predicted molar refractivity (Wildman–Crippen MR) is 256 cm³/mol. The van der Waals surface area contributed by atoms with Gasteiger partial charge in [0.15, 0.2) is 0 Å². The van der Waals surface area contributed by atoms with E-state index in [9.17, 15) is 0 Å². The fourth-order valence-electron chi connectivity index (χ4n) is 7.68. The Morgan fingerprint density at radius 1 is 0.475 bits per heavy atom. The zero-order chi connectivity index (χ0) is 42.3. The molecule has 4 N–H and O–H groups in total. The lowest BCUT2D eigenvalue weighted by Gasteiger charge is -2.23. The van der Waals surface area contributed by atoms with E-state index in [1.54, 1.807) is 0 Å². The summed E-state index contributed by atoms with van der Waals surface area (Å²) in [6, 6.07) is 54.6. The van der Waals surface area contributed by atoms with Gasteiger partial charge in [-0.25, -0.2) is 0 Å². The minimum atomic E-state index is 0.558. The Hall–Kier alpha value is -4.22. The minimum Gasteiger partial charge on any atom is -0.330 e. The first-order valence-electron chi connectivity index (χ1n) is 23.1. The summed E-state index contributed by atoms with van der Waals surface area (Å²) in [7, 11) is 0. The van der Waals surface area contributed by atoms with Gasteiger partial charge in [0.2, 0.25) is 0 Å². The highest BCUT2D eigenvalue weighted by molar-refractivity contribution is 5.21. The highest BCUT2D eigenvalue weighted by Crippen LogP contribution is 2.28. The van der Waals surface area contributed by atoms with E-state index in [-0.39, 0.29) is 0 Å². The van der Waals surface area contributed by atoms with Gasteiger partial charge in [-0.3, -0.25) is 29.4 Å². The van der Waals surface area contributed by atoms with E-state index in [1.807, 2.05) is 0 Å². The fraction of sp³-hybridized carbons (Fsp3) is 0.434. The maximum Gasteiger partial charge on any atom is 0.0361 e. The molecule has 326 valence electrons. The molecule has 2 unspecified atom stereocenters. The first-order chi connectivity index (χ1) is 30.1. The minimum absolute atomic E-state index is 0.558. The molecule has 4 fully saturated rings. The third kappa shape index (κ3) is 18.7. The summed E-state index contributed by atoms with van der Waals surface area (Å²) in [4.78, 5) is 14.9. The molecule has 0 radical (unpaired) electrons. The van der Waals surface area contributed by atoms with Crippen LogP contribution >= 0.6 is 0 Å². The predicted octanol–water partition coefficient (Wildman–Crippen LogP) is 7.09. The molecule has 0 bridgehead atoms. The normalized spacial score (nSPS) is 16.6. The first-order valence-corrected chi connectivity index (χ1v) is 23.1. The number of likely N-dealkylation sites (N-methyl/N-ethyl adjacent to an activating group) is 1. The summed E-state index contributed by atoms with van der Waals surface area (Å²) in [5, 5.41) is 0. The lowest BCUT2D eigenvalue weighted by molar-refractivity contribution is 0.243. The van der Waals surface area contributed by atoms with E-state index < -0.39 is 0 Å². The van der Waals surface area contributed by atoms with Crippen LogP contribution in [0.4, 0.5) is 0 Å². The van der Waals surface area contributed by atoms with E-state index >= 15 is 0 Å². The van der Waals surface area contributed by atoms with Crippen LogP contribution in [0.5, 0.6) is 0 Å². The zero-order valence-electron chi connectivity index (χ0n) is 37.1. The molecular formula is C53H74N8. The third-order valence-corrected chi connectivity index (χ3v) is 11.9. The van der Waals surface area contributed by atoms with Crippen molar-refractivity contribution in [2.24, 2.45) is 11.5 Å². The molecule has 0 amide bonds. The van der Waals surface area contributed by atoms with Gasteiger partial charge < -0.3 is 11.5 Å². The molecule has 8 heteroatoms. The summed E-state index contributed by atoms with van der Waals surface area (Å²) in [6.07, 6.45) is 2.17. The van der Waals surface area contributed by atoms with Crippen LogP contribution in [0.15, 0.2) is 152 Å². The summed E-state index contributed by atoms with van der Waals surface area (Å²) in [5.74, 6) is 0. The molecule has 0 aromatic heterocycles. The van der Waals surface area contributed by atoms with Gasteiger partial charge in [-0.2, -0.15) is 0 Å². The quantitative estimate of drug-likeness (QED) is 0.0762. The Morgan fingerprint density at radius 3 is 1.25 bits per heavy atom. The van der Waals surface area contributed by atoms with Crippen molar-refractivity contribution < 1.29 is 0 Å². The summed E-state index contributed by atoms with van der Waals surface area (Å²) in [6.45, 7) is 23.0. The second-order valence-electron chi connectivity index (χ2n) is 16.9. The number of nitrogens with zero attached hydrogens (tertiary/aromatic N) is 6. The Morgan fingerprint density at radius 2 is 0.869 bits per heavy atom. The summed E-state index contributed by atoms with van der Waals surface area (Å²) < 4.78 is 0. The molecule has 5 aromatic carbocycles. The second-order valence-corrected chi connectivity index (χ2v) is 16.9.